The highest BCUT2D eigenvalue weighted by molar-refractivity contribution is 5.82. The van der Waals surface area contributed by atoms with Crippen LogP contribution in [0.4, 0.5) is 0 Å². The first-order valence-corrected chi connectivity index (χ1v) is 7.88. The zero-order valence-corrected chi connectivity index (χ0v) is 13.0. The molecule has 1 saturated carbocycles. The van der Waals surface area contributed by atoms with Gasteiger partial charge >= 0.3 is 0 Å². The molecule has 0 aromatic heterocycles. The highest BCUT2D eigenvalue weighted by Crippen LogP contribution is 2.26. The summed E-state index contributed by atoms with van der Waals surface area (Å²) in [5.41, 5.74) is 5.56. The third kappa shape index (κ3) is 4.17. The second-order valence-corrected chi connectivity index (χ2v) is 6.36. The lowest BCUT2D eigenvalue weighted by Crippen LogP contribution is -2.45. The topological polar surface area (TPSA) is 84.7 Å². The lowest BCUT2D eigenvalue weighted by Gasteiger charge is -2.31. The Balaban J connectivity index is 1.82. The minimum atomic E-state index is -0.372. The van der Waals surface area contributed by atoms with Gasteiger partial charge in [0, 0.05) is 32.6 Å². The van der Waals surface area contributed by atoms with E-state index in [2.05, 4.69) is 5.32 Å². The SMILES string of the molecule is CN(C)C(=O)C1CCCC(NC(=O)[C@@H]2CC[C@H](CN)O2)C1. The minimum absolute atomic E-state index is 0.00942. The molecule has 0 aromatic rings. The van der Waals surface area contributed by atoms with Crippen molar-refractivity contribution in [3.05, 3.63) is 0 Å². The van der Waals surface area contributed by atoms with Crippen molar-refractivity contribution in [3.63, 3.8) is 0 Å². The molecule has 0 radical (unpaired) electrons. The number of ether oxygens (including phenoxy) is 1. The van der Waals surface area contributed by atoms with Crippen molar-refractivity contribution in [2.24, 2.45) is 11.7 Å². The van der Waals surface area contributed by atoms with Crippen LogP contribution in [0.2, 0.25) is 0 Å². The molecule has 1 heterocycles. The number of carbonyl (C=O) groups is 2. The first-order chi connectivity index (χ1) is 10.0. The van der Waals surface area contributed by atoms with Crippen LogP contribution in [-0.2, 0) is 14.3 Å². The molecule has 2 fully saturated rings. The Kier molecular flexibility index (Phi) is 5.58. The molecular weight excluding hydrogens is 270 g/mol. The fourth-order valence-electron chi connectivity index (χ4n) is 3.28. The van der Waals surface area contributed by atoms with E-state index in [0.717, 1.165) is 38.5 Å². The quantitative estimate of drug-likeness (QED) is 0.779. The van der Waals surface area contributed by atoms with Gasteiger partial charge in [-0.2, -0.15) is 0 Å². The summed E-state index contributed by atoms with van der Waals surface area (Å²) in [6.45, 7) is 0.465. The van der Waals surface area contributed by atoms with Gasteiger partial charge in [0.1, 0.15) is 6.10 Å². The van der Waals surface area contributed by atoms with E-state index >= 15 is 0 Å². The zero-order valence-electron chi connectivity index (χ0n) is 13.0. The molecule has 21 heavy (non-hydrogen) atoms. The number of rotatable bonds is 4. The smallest absolute Gasteiger partial charge is 0.249 e. The number of nitrogens with two attached hydrogens (primary N) is 1. The maximum absolute atomic E-state index is 12.2. The Morgan fingerprint density at radius 1 is 1.24 bits per heavy atom. The highest BCUT2D eigenvalue weighted by Gasteiger charge is 2.33. The average Bonchev–Trinajstić information content (AvgIpc) is 2.95. The molecule has 1 aliphatic carbocycles. The molecule has 2 aliphatic rings. The molecule has 6 heteroatoms. The predicted octanol–water partition coefficient (Wildman–Crippen LogP) is 0.256. The van der Waals surface area contributed by atoms with Crippen LogP contribution >= 0.6 is 0 Å². The predicted molar refractivity (Wildman–Crippen MR) is 79.5 cm³/mol. The number of nitrogens with zero attached hydrogens (tertiary/aromatic N) is 1. The maximum atomic E-state index is 12.2. The van der Waals surface area contributed by atoms with Crippen LogP contribution in [0.5, 0.6) is 0 Å². The minimum Gasteiger partial charge on any atom is -0.364 e. The second-order valence-electron chi connectivity index (χ2n) is 6.36. The lowest BCUT2D eigenvalue weighted by atomic mass is 9.84. The van der Waals surface area contributed by atoms with E-state index in [1.165, 1.54) is 0 Å². The van der Waals surface area contributed by atoms with Gasteiger partial charge < -0.3 is 20.7 Å². The van der Waals surface area contributed by atoms with Gasteiger partial charge in [-0.1, -0.05) is 6.42 Å². The molecule has 2 rings (SSSR count). The molecule has 0 aromatic carbocycles. The number of hydrogen-bond donors (Lipinski definition) is 2. The third-order valence-electron chi connectivity index (χ3n) is 4.47. The Bertz CT molecular complexity index is 386. The van der Waals surface area contributed by atoms with Gasteiger partial charge in [-0.25, -0.2) is 0 Å². The Morgan fingerprint density at radius 2 is 2.00 bits per heavy atom. The van der Waals surface area contributed by atoms with Crippen LogP contribution in [0, 0.1) is 5.92 Å². The van der Waals surface area contributed by atoms with Crippen molar-refractivity contribution >= 4 is 11.8 Å². The summed E-state index contributed by atoms with van der Waals surface area (Å²) in [6.07, 6.45) is 4.79. The van der Waals surface area contributed by atoms with Crippen molar-refractivity contribution < 1.29 is 14.3 Å². The van der Waals surface area contributed by atoms with Crippen molar-refractivity contribution in [2.45, 2.75) is 56.8 Å². The standard InChI is InChI=1S/C15H27N3O3/c1-18(2)15(20)10-4-3-5-11(8-10)17-14(19)13-7-6-12(9-16)21-13/h10-13H,3-9,16H2,1-2H3,(H,17,19)/t10?,11?,12-,13+/m1/s1. The Hall–Kier alpha value is -1.14. The summed E-state index contributed by atoms with van der Waals surface area (Å²) in [7, 11) is 3.56. The van der Waals surface area contributed by atoms with Crippen LogP contribution in [0.3, 0.4) is 0 Å². The summed E-state index contributed by atoms with van der Waals surface area (Å²) < 4.78 is 5.61. The van der Waals surface area contributed by atoms with Crippen molar-refractivity contribution in [1.82, 2.24) is 10.2 Å². The summed E-state index contributed by atoms with van der Waals surface area (Å²) in [6, 6.07) is 0.0840. The number of carbonyl (C=O) groups excluding carboxylic acids is 2. The van der Waals surface area contributed by atoms with Crippen LogP contribution in [0.25, 0.3) is 0 Å². The molecular formula is C15H27N3O3. The van der Waals surface area contributed by atoms with Gasteiger partial charge in [0.2, 0.25) is 11.8 Å². The van der Waals surface area contributed by atoms with Gasteiger partial charge in [0.15, 0.2) is 0 Å². The normalized spacial score (nSPS) is 32.7. The molecule has 3 N–H and O–H groups in total. The van der Waals surface area contributed by atoms with Gasteiger partial charge in [-0.15, -0.1) is 0 Å². The van der Waals surface area contributed by atoms with E-state index in [9.17, 15) is 9.59 Å². The monoisotopic (exact) mass is 297 g/mol. The van der Waals surface area contributed by atoms with E-state index in [0.29, 0.717) is 6.54 Å². The molecule has 2 amide bonds. The van der Waals surface area contributed by atoms with E-state index in [-0.39, 0.29) is 36.0 Å². The largest absolute Gasteiger partial charge is 0.364 e. The molecule has 0 spiro atoms. The van der Waals surface area contributed by atoms with Crippen molar-refractivity contribution in [3.8, 4) is 0 Å². The fourth-order valence-corrected chi connectivity index (χ4v) is 3.28. The van der Waals surface area contributed by atoms with E-state index in [1.54, 1.807) is 19.0 Å². The van der Waals surface area contributed by atoms with Gasteiger partial charge in [-0.05, 0) is 32.1 Å². The molecule has 4 atom stereocenters. The number of nitrogens with one attached hydrogen (secondary N) is 1. The van der Waals surface area contributed by atoms with Gasteiger partial charge in [0.05, 0.1) is 6.10 Å². The van der Waals surface area contributed by atoms with Crippen LogP contribution in [-0.4, -0.2) is 55.6 Å². The first kappa shape index (κ1) is 16.2. The number of hydrogen-bond acceptors (Lipinski definition) is 4. The fraction of sp³-hybridized carbons (Fsp3) is 0.867. The molecule has 2 unspecified atom stereocenters. The van der Waals surface area contributed by atoms with E-state index < -0.39 is 0 Å². The highest BCUT2D eigenvalue weighted by atomic mass is 16.5. The zero-order chi connectivity index (χ0) is 15.4. The summed E-state index contributed by atoms with van der Waals surface area (Å²) >= 11 is 0. The summed E-state index contributed by atoms with van der Waals surface area (Å²) in [4.78, 5) is 25.9. The van der Waals surface area contributed by atoms with Crippen LogP contribution in [0.15, 0.2) is 0 Å². The van der Waals surface area contributed by atoms with Gasteiger partial charge in [0.25, 0.3) is 0 Å². The Morgan fingerprint density at radius 3 is 2.62 bits per heavy atom. The van der Waals surface area contributed by atoms with E-state index in [1.807, 2.05) is 0 Å². The Labute approximate surface area is 126 Å². The summed E-state index contributed by atoms with van der Waals surface area (Å²) in [5.74, 6) is 0.142. The van der Waals surface area contributed by atoms with Crippen molar-refractivity contribution in [2.75, 3.05) is 20.6 Å². The average molecular weight is 297 g/mol. The van der Waals surface area contributed by atoms with Crippen LogP contribution < -0.4 is 11.1 Å². The molecule has 0 bridgehead atoms. The summed E-state index contributed by atoms with van der Waals surface area (Å²) in [5, 5.41) is 3.05. The number of amides is 2. The molecule has 120 valence electrons. The van der Waals surface area contributed by atoms with Crippen LogP contribution in [0.1, 0.15) is 38.5 Å². The lowest BCUT2D eigenvalue weighted by molar-refractivity contribution is -0.136. The molecule has 1 saturated heterocycles. The first-order valence-electron chi connectivity index (χ1n) is 7.88. The maximum Gasteiger partial charge on any atom is 0.249 e. The second kappa shape index (κ2) is 7.22. The van der Waals surface area contributed by atoms with E-state index in [4.69, 9.17) is 10.5 Å². The third-order valence-corrected chi connectivity index (χ3v) is 4.47. The van der Waals surface area contributed by atoms with Crippen molar-refractivity contribution in [1.29, 1.82) is 0 Å². The molecule has 6 nitrogen and oxygen atoms in total. The van der Waals surface area contributed by atoms with Gasteiger partial charge in [-0.3, -0.25) is 9.59 Å². The molecule has 1 aliphatic heterocycles.